The molecule has 2 nitrogen and oxygen atoms in total. The van der Waals surface area contributed by atoms with Gasteiger partial charge in [0.1, 0.15) is 11.9 Å². The fourth-order valence-corrected chi connectivity index (χ4v) is 4.48. The monoisotopic (exact) mass is 504 g/mol. The standard InChI is InChI=1S/C20H17F4N2S2.BrH/c21-19(22)27-15-7-3-13(4-8-15)17-12-25-11-1-2-18(25)26(17)14-5-9-16(10-6-14)28-20(23)24;/h3-10,12,19-20H,1-2,11H2;1H/q+1;/p-1. The summed E-state index contributed by atoms with van der Waals surface area (Å²) in [7, 11) is 0. The van der Waals surface area contributed by atoms with Gasteiger partial charge in [-0.2, -0.15) is 22.1 Å². The van der Waals surface area contributed by atoms with E-state index in [1.165, 1.54) is 0 Å². The SMILES string of the molecule is FC(F)Sc1ccc(-c2c[n+]3c(n2-c2ccc(SC(F)F)cc2)CCC3)cc1.[Br-]. The number of nitrogens with zero attached hydrogens (tertiary/aromatic N) is 2. The summed E-state index contributed by atoms with van der Waals surface area (Å²) in [5.41, 5.74) is 2.78. The van der Waals surface area contributed by atoms with E-state index in [4.69, 9.17) is 0 Å². The molecule has 9 heteroatoms. The molecule has 1 aliphatic heterocycles. The first kappa shape index (κ1) is 22.2. The number of aryl methyl sites for hydroxylation is 1. The van der Waals surface area contributed by atoms with Crippen molar-refractivity contribution in [1.29, 1.82) is 0 Å². The Morgan fingerprint density at radius 3 is 1.93 bits per heavy atom. The number of rotatable bonds is 6. The molecular formula is C20H17BrF4N2S2. The van der Waals surface area contributed by atoms with Crippen LogP contribution >= 0.6 is 23.5 Å². The molecule has 0 saturated carbocycles. The molecule has 0 amide bonds. The molecule has 3 aromatic rings. The Bertz CT molecular complexity index is 960. The molecule has 29 heavy (non-hydrogen) atoms. The van der Waals surface area contributed by atoms with Crippen LogP contribution < -0.4 is 21.5 Å². The zero-order valence-corrected chi connectivity index (χ0v) is 18.3. The van der Waals surface area contributed by atoms with Crippen LogP contribution in [0.15, 0.2) is 64.5 Å². The number of hydrogen-bond acceptors (Lipinski definition) is 2. The van der Waals surface area contributed by atoms with Crippen molar-refractivity contribution in [1.82, 2.24) is 4.57 Å². The molecule has 154 valence electrons. The van der Waals surface area contributed by atoms with E-state index in [1.807, 2.05) is 24.3 Å². The zero-order valence-electron chi connectivity index (χ0n) is 15.1. The number of alkyl halides is 4. The zero-order chi connectivity index (χ0) is 19.7. The fourth-order valence-electron chi connectivity index (χ4n) is 3.48. The number of thioether (sulfide) groups is 2. The Hall–Kier alpha value is -1.45. The summed E-state index contributed by atoms with van der Waals surface area (Å²) in [6, 6.07) is 14.2. The Kier molecular flexibility index (Phi) is 7.34. The maximum atomic E-state index is 12.6. The van der Waals surface area contributed by atoms with Gasteiger partial charge in [0.25, 0.3) is 17.3 Å². The van der Waals surface area contributed by atoms with Crippen LogP contribution in [0.2, 0.25) is 0 Å². The van der Waals surface area contributed by atoms with Gasteiger partial charge in [0.2, 0.25) is 0 Å². The molecule has 0 atom stereocenters. The highest BCUT2D eigenvalue weighted by atomic mass is 79.9. The molecule has 0 unspecified atom stereocenters. The van der Waals surface area contributed by atoms with Crippen molar-refractivity contribution in [3.05, 3.63) is 60.6 Å². The summed E-state index contributed by atoms with van der Waals surface area (Å²) in [5, 5.41) is 0. The lowest BCUT2D eigenvalue weighted by Crippen LogP contribution is -3.00. The van der Waals surface area contributed by atoms with Crippen molar-refractivity contribution in [2.45, 2.75) is 40.7 Å². The summed E-state index contributed by atoms with van der Waals surface area (Å²) >= 11 is 1.05. The molecular weight excluding hydrogens is 488 g/mol. The lowest BCUT2D eigenvalue weighted by atomic mass is 10.1. The second-order valence-corrected chi connectivity index (χ2v) is 8.47. The lowest BCUT2D eigenvalue weighted by Gasteiger charge is -2.07. The van der Waals surface area contributed by atoms with Crippen molar-refractivity contribution >= 4 is 23.5 Å². The number of imidazole rings is 1. The molecule has 0 bridgehead atoms. The van der Waals surface area contributed by atoms with Gasteiger partial charge in [-0.15, -0.1) is 0 Å². The Morgan fingerprint density at radius 1 is 0.828 bits per heavy atom. The summed E-state index contributed by atoms with van der Waals surface area (Å²) in [6.45, 7) is 0.925. The first-order valence-electron chi connectivity index (χ1n) is 8.76. The van der Waals surface area contributed by atoms with E-state index >= 15 is 0 Å². The Labute approximate surface area is 185 Å². The molecule has 1 aliphatic rings. The third kappa shape index (κ3) is 5.00. The van der Waals surface area contributed by atoms with Gasteiger partial charge >= 0.3 is 0 Å². The van der Waals surface area contributed by atoms with E-state index in [-0.39, 0.29) is 17.0 Å². The minimum absolute atomic E-state index is 0. The summed E-state index contributed by atoms with van der Waals surface area (Å²) in [4.78, 5) is 1.04. The Morgan fingerprint density at radius 2 is 1.38 bits per heavy atom. The van der Waals surface area contributed by atoms with Crippen molar-refractivity contribution in [2.24, 2.45) is 0 Å². The van der Waals surface area contributed by atoms with Gasteiger partial charge < -0.3 is 17.0 Å². The highest BCUT2D eigenvalue weighted by Crippen LogP contribution is 2.32. The Balaban J connectivity index is 0.00000240. The van der Waals surface area contributed by atoms with Crippen LogP contribution in [0, 0.1) is 0 Å². The molecule has 0 radical (unpaired) electrons. The van der Waals surface area contributed by atoms with Crippen molar-refractivity contribution < 1.29 is 39.1 Å². The number of fused-ring (bicyclic) bond motifs is 1. The molecule has 1 aromatic heterocycles. The highest BCUT2D eigenvalue weighted by Gasteiger charge is 2.29. The molecule has 0 saturated heterocycles. The summed E-state index contributed by atoms with van der Waals surface area (Å²) in [6.07, 6.45) is 4.05. The number of aromatic nitrogens is 2. The van der Waals surface area contributed by atoms with Gasteiger partial charge in [-0.3, -0.25) is 0 Å². The molecule has 4 rings (SSSR count). The van der Waals surface area contributed by atoms with Crippen LogP contribution in [0.25, 0.3) is 16.9 Å². The van der Waals surface area contributed by atoms with Crippen LogP contribution in [-0.2, 0) is 13.0 Å². The normalized spacial score (nSPS) is 13.0. The van der Waals surface area contributed by atoms with E-state index in [2.05, 4.69) is 15.3 Å². The summed E-state index contributed by atoms with van der Waals surface area (Å²) < 4.78 is 54.6. The topological polar surface area (TPSA) is 8.81 Å². The molecule has 2 aromatic carbocycles. The van der Waals surface area contributed by atoms with E-state index in [9.17, 15) is 17.6 Å². The van der Waals surface area contributed by atoms with E-state index in [1.54, 1.807) is 24.3 Å². The first-order valence-corrected chi connectivity index (χ1v) is 10.5. The second-order valence-electron chi connectivity index (χ2n) is 6.34. The molecule has 0 spiro atoms. The van der Waals surface area contributed by atoms with Gasteiger partial charge in [0.15, 0.2) is 5.69 Å². The van der Waals surface area contributed by atoms with E-state index < -0.39 is 11.5 Å². The average molecular weight is 505 g/mol. The van der Waals surface area contributed by atoms with Gasteiger partial charge in [0.05, 0.1) is 13.0 Å². The predicted molar refractivity (Wildman–Crippen MR) is 103 cm³/mol. The number of benzene rings is 2. The van der Waals surface area contributed by atoms with Crippen LogP contribution in [0.5, 0.6) is 0 Å². The van der Waals surface area contributed by atoms with Crippen molar-refractivity contribution in [2.75, 3.05) is 0 Å². The van der Waals surface area contributed by atoms with Gasteiger partial charge in [-0.25, -0.2) is 4.57 Å². The first-order chi connectivity index (χ1) is 13.5. The smallest absolute Gasteiger partial charge is 0.288 e. The van der Waals surface area contributed by atoms with Gasteiger partial charge in [0, 0.05) is 15.4 Å². The fraction of sp³-hybridized carbons (Fsp3) is 0.250. The van der Waals surface area contributed by atoms with Gasteiger partial charge in [-0.05, 0) is 55.0 Å². The highest BCUT2D eigenvalue weighted by molar-refractivity contribution is 7.99. The molecule has 2 heterocycles. The molecule has 0 aliphatic carbocycles. The van der Waals surface area contributed by atoms with Crippen LogP contribution in [0.4, 0.5) is 17.6 Å². The third-order valence-corrected chi connectivity index (χ3v) is 6.05. The largest absolute Gasteiger partial charge is 1.00 e. The third-order valence-electron chi connectivity index (χ3n) is 4.60. The summed E-state index contributed by atoms with van der Waals surface area (Å²) in [5.74, 6) is -3.74. The van der Waals surface area contributed by atoms with Gasteiger partial charge in [-0.1, -0.05) is 23.5 Å². The number of hydrogen-bond donors (Lipinski definition) is 0. The maximum Gasteiger partial charge on any atom is 0.288 e. The van der Waals surface area contributed by atoms with E-state index in [0.29, 0.717) is 33.3 Å². The maximum absolute atomic E-state index is 12.6. The number of halogens is 5. The van der Waals surface area contributed by atoms with E-state index in [0.717, 1.165) is 42.2 Å². The molecule has 0 N–H and O–H groups in total. The van der Waals surface area contributed by atoms with Crippen molar-refractivity contribution in [3.63, 3.8) is 0 Å². The van der Waals surface area contributed by atoms with Crippen LogP contribution in [0.1, 0.15) is 12.2 Å². The second kappa shape index (κ2) is 9.57. The van der Waals surface area contributed by atoms with Crippen LogP contribution in [-0.4, -0.2) is 16.1 Å². The lowest BCUT2D eigenvalue weighted by molar-refractivity contribution is -0.689. The van der Waals surface area contributed by atoms with Crippen molar-refractivity contribution in [3.8, 4) is 16.9 Å². The minimum atomic E-state index is -2.45. The van der Waals surface area contributed by atoms with Crippen LogP contribution in [0.3, 0.4) is 0 Å². The quantitative estimate of drug-likeness (QED) is 0.290. The average Bonchev–Trinajstić information content (AvgIpc) is 3.23. The predicted octanol–water partition coefficient (Wildman–Crippen LogP) is 3.01. The minimum Gasteiger partial charge on any atom is -1.00 e. The molecule has 0 fully saturated rings.